The van der Waals surface area contributed by atoms with E-state index in [1.54, 1.807) is 0 Å². The van der Waals surface area contributed by atoms with E-state index in [9.17, 15) is 0 Å². The van der Waals surface area contributed by atoms with Gasteiger partial charge in [0, 0.05) is 26.9 Å². The van der Waals surface area contributed by atoms with Crippen LogP contribution in [0.4, 0.5) is 5.69 Å². The number of fused-ring (bicyclic) bond motifs is 1. The van der Waals surface area contributed by atoms with E-state index in [1.165, 1.54) is 14.6 Å². The van der Waals surface area contributed by atoms with Crippen LogP contribution in [-0.4, -0.2) is 11.5 Å². The molecule has 1 heterocycles. The number of halogens is 1. The van der Waals surface area contributed by atoms with Crippen LogP contribution >= 0.6 is 22.6 Å². The number of aromatic nitrogens is 1. The van der Waals surface area contributed by atoms with Crippen molar-refractivity contribution in [1.29, 1.82) is 0 Å². The molecule has 0 bridgehead atoms. The van der Waals surface area contributed by atoms with E-state index in [0.29, 0.717) is 5.92 Å². The van der Waals surface area contributed by atoms with Crippen molar-refractivity contribution >= 4 is 39.2 Å². The van der Waals surface area contributed by atoms with Gasteiger partial charge in [0.1, 0.15) is 0 Å². The molecule has 18 heavy (non-hydrogen) atoms. The predicted molar refractivity (Wildman–Crippen MR) is 87.3 cm³/mol. The van der Waals surface area contributed by atoms with Gasteiger partial charge in [0.25, 0.3) is 0 Å². The van der Waals surface area contributed by atoms with Crippen LogP contribution in [-0.2, 0) is 0 Å². The maximum Gasteiger partial charge on any atom is 0.0726 e. The van der Waals surface area contributed by atoms with Crippen LogP contribution in [0.2, 0.25) is 0 Å². The maximum atomic E-state index is 4.74. The summed E-state index contributed by atoms with van der Waals surface area (Å²) in [6, 6.07) is 8.62. The van der Waals surface area contributed by atoms with Crippen molar-refractivity contribution in [2.75, 3.05) is 11.9 Å². The highest BCUT2D eigenvalue weighted by Crippen LogP contribution is 2.27. The third kappa shape index (κ3) is 2.94. The summed E-state index contributed by atoms with van der Waals surface area (Å²) < 4.78 is 1.25. The molecule has 0 unspecified atom stereocenters. The van der Waals surface area contributed by atoms with E-state index in [4.69, 9.17) is 4.98 Å². The molecule has 96 valence electrons. The second-order valence-electron chi connectivity index (χ2n) is 4.84. The van der Waals surface area contributed by atoms with Gasteiger partial charge in [-0.25, -0.2) is 0 Å². The van der Waals surface area contributed by atoms with Gasteiger partial charge in [-0.2, -0.15) is 0 Å². The van der Waals surface area contributed by atoms with Gasteiger partial charge in [-0.15, -0.1) is 0 Å². The first-order valence-electron chi connectivity index (χ1n) is 6.46. The fraction of sp³-hybridized carbons (Fsp3) is 0.400. The number of nitrogens with zero attached hydrogens (tertiary/aromatic N) is 1. The summed E-state index contributed by atoms with van der Waals surface area (Å²) >= 11 is 2.35. The summed E-state index contributed by atoms with van der Waals surface area (Å²) in [5, 5.41) is 4.74. The highest BCUT2D eigenvalue weighted by Gasteiger charge is 2.08. The molecule has 1 N–H and O–H groups in total. The summed E-state index contributed by atoms with van der Waals surface area (Å²) in [6.07, 6.45) is 1.13. The molecular formula is C15H19IN2. The lowest BCUT2D eigenvalue weighted by molar-refractivity contribution is 0.829. The number of rotatable bonds is 4. The monoisotopic (exact) mass is 354 g/mol. The molecule has 3 heteroatoms. The first-order valence-corrected chi connectivity index (χ1v) is 7.53. The van der Waals surface area contributed by atoms with Gasteiger partial charge in [0.05, 0.1) is 5.52 Å². The average molecular weight is 354 g/mol. The standard InChI is InChI=1S/C15H19IN2/c1-4-7-17-15-9-14(10(2)3)18-13-6-5-11(16)8-12(13)15/h5-6,8-10H,4,7H2,1-3H3,(H,17,18). The Morgan fingerprint density at radius 1 is 1.28 bits per heavy atom. The van der Waals surface area contributed by atoms with Crippen molar-refractivity contribution in [3.05, 3.63) is 33.5 Å². The Kier molecular flexibility index (Phi) is 4.43. The zero-order valence-electron chi connectivity index (χ0n) is 11.1. The molecule has 0 fully saturated rings. The third-order valence-corrected chi connectivity index (χ3v) is 3.62. The van der Waals surface area contributed by atoms with Gasteiger partial charge in [0.2, 0.25) is 0 Å². The Morgan fingerprint density at radius 2 is 2.06 bits per heavy atom. The molecule has 0 aliphatic rings. The van der Waals surface area contributed by atoms with E-state index in [1.807, 2.05) is 0 Å². The lowest BCUT2D eigenvalue weighted by atomic mass is 10.1. The van der Waals surface area contributed by atoms with E-state index < -0.39 is 0 Å². The van der Waals surface area contributed by atoms with E-state index in [0.717, 1.165) is 24.2 Å². The lowest BCUT2D eigenvalue weighted by Gasteiger charge is -2.13. The summed E-state index contributed by atoms with van der Waals surface area (Å²) in [5.41, 5.74) is 3.45. The average Bonchev–Trinajstić information content (AvgIpc) is 2.35. The maximum absolute atomic E-state index is 4.74. The normalized spacial score (nSPS) is 11.2. The van der Waals surface area contributed by atoms with Crippen LogP contribution in [0, 0.1) is 3.57 Å². The van der Waals surface area contributed by atoms with Crippen molar-refractivity contribution in [2.45, 2.75) is 33.1 Å². The molecule has 2 rings (SSSR count). The van der Waals surface area contributed by atoms with Gasteiger partial charge in [-0.1, -0.05) is 20.8 Å². The van der Waals surface area contributed by atoms with Crippen LogP contribution in [0.5, 0.6) is 0 Å². The molecule has 0 saturated heterocycles. The first kappa shape index (κ1) is 13.6. The molecule has 0 saturated carbocycles. The Labute approximate surface area is 122 Å². The smallest absolute Gasteiger partial charge is 0.0726 e. The van der Waals surface area contributed by atoms with Crippen molar-refractivity contribution in [2.24, 2.45) is 0 Å². The molecule has 0 radical (unpaired) electrons. The number of benzene rings is 1. The zero-order valence-corrected chi connectivity index (χ0v) is 13.3. The molecule has 1 aromatic carbocycles. The van der Waals surface area contributed by atoms with Crippen LogP contribution in [0.1, 0.15) is 38.8 Å². The minimum Gasteiger partial charge on any atom is -0.384 e. The van der Waals surface area contributed by atoms with Crippen LogP contribution in [0.25, 0.3) is 10.9 Å². The highest BCUT2D eigenvalue weighted by atomic mass is 127. The van der Waals surface area contributed by atoms with Gasteiger partial charge in [-0.05, 0) is 59.2 Å². The Balaban J connectivity index is 2.57. The fourth-order valence-corrected chi connectivity index (χ4v) is 2.41. The second-order valence-corrected chi connectivity index (χ2v) is 6.08. The van der Waals surface area contributed by atoms with Gasteiger partial charge >= 0.3 is 0 Å². The van der Waals surface area contributed by atoms with Crippen LogP contribution in [0.3, 0.4) is 0 Å². The third-order valence-electron chi connectivity index (χ3n) is 2.95. The number of nitrogens with one attached hydrogen (secondary N) is 1. The fourth-order valence-electron chi connectivity index (χ4n) is 1.92. The summed E-state index contributed by atoms with van der Waals surface area (Å²) in [7, 11) is 0. The molecule has 2 nitrogen and oxygen atoms in total. The van der Waals surface area contributed by atoms with Gasteiger partial charge in [-0.3, -0.25) is 4.98 Å². The summed E-state index contributed by atoms with van der Waals surface area (Å²) in [5.74, 6) is 0.454. The van der Waals surface area contributed by atoms with Crippen molar-refractivity contribution in [3.8, 4) is 0 Å². The largest absolute Gasteiger partial charge is 0.384 e. The van der Waals surface area contributed by atoms with Crippen molar-refractivity contribution < 1.29 is 0 Å². The zero-order chi connectivity index (χ0) is 13.1. The number of hydrogen-bond acceptors (Lipinski definition) is 2. The van der Waals surface area contributed by atoms with E-state index >= 15 is 0 Å². The summed E-state index contributed by atoms with van der Waals surface area (Å²) in [6.45, 7) is 7.56. The summed E-state index contributed by atoms with van der Waals surface area (Å²) in [4.78, 5) is 4.74. The van der Waals surface area contributed by atoms with Crippen molar-refractivity contribution in [3.63, 3.8) is 0 Å². The minimum atomic E-state index is 0.454. The predicted octanol–water partition coefficient (Wildman–Crippen LogP) is 4.78. The van der Waals surface area contributed by atoms with Crippen molar-refractivity contribution in [1.82, 2.24) is 4.98 Å². The molecule has 0 spiro atoms. The van der Waals surface area contributed by atoms with Gasteiger partial charge in [0.15, 0.2) is 0 Å². The van der Waals surface area contributed by atoms with E-state index in [-0.39, 0.29) is 0 Å². The molecule has 1 aromatic heterocycles. The number of pyridine rings is 1. The molecule has 0 atom stereocenters. The van der Waals surface area contributed by atoms with Crippen LogP contribution < -0.4 is 5.32 Å². The Bertz CT molecular complexity index is 549. The number of hydrogen-bond donors (Lipinski definition) is 1. The topological polar surface area (TPSA) is 24.9 Å². The molecule has 0 aliphatic heterocycles. The second kappa shape index (κ2) is 5.87. The molecular weight excluding hydrogens is 335 g/mol. The Morgan fingerprint density at radius 3 is 2.72 bits per heavy atom. The lowest BCUT2D eigenvalue weighted by Crippen LogP contribution is -2.03. The molecule has 2 aromatic rings. The molecule has 0 aliphatic carbocycles. The quantitative estimate of drug-likeness (QED) is 0.799. The minimum absolute atomic E-state index is 0.454. The highest BCUT2D eigenvalue weighted by molar-refractivity contribution is 14.1. The van der Waals surface area contributed by atoms with Gasteiger partial charge < -0.3 is 5.32 Å². The first-order chi connectivity index (χ1) is 8.61. The number of anilines is 1. The SMILES string of the molecule is CCCNc1cc(C(C)C)nc2ccc(I)cc12. The molecule has 0 amide bonds. The van der Waals surface area contributed by atoms with Crippen LogP contribution in [0.15, 0.2) is 24.3 Å². The Hall–Kier alpha value is -0.840. The van der Waals surface area contributed by atoms with E-state index in [2.05, 4.69) is 72.9 Å².